The van der Waals surface area contributed by atoms with Crippen molar-refractivity contribution in [1.29, 1.82) is 0 Å². The molecule has 90 valence electrons. The van der Waals surface area contributed by atoms with Crippen molar-refractivity contribution in [2.24, 2.45) is 5.73 Å². The Kier molecular flexibility index (Phi) is 2.48. The summed E-state index contributed by atoms with van der Waals surface area (Å²) in [5, 5.41) is 0.917. The quantitative estimate of drug-likeness (QED) is 0.860. The Morgan fingerprint density at radius 3 is 3.24 bits per heavy atom. The van der Waals surface area contributed by atoms with Gasteiger partial charge in [-0.05, 0) is 12.1 Å². The number of hydrogen-bond acceptors (Lipinski definition) is 4. The molecule has 0 aliphatic carbocycles. The molecular weight excluding hydrogens is 221 g/mol. The second kappa shape index (κ2) is 4.00. The van der Waals surface area contributed by atoms with Crippen molar-refractivity contribution in [2.45, 2.75) is 18.6 Å². The summed E-state index contributed by atoms with van der Waals surface area (Å²) < 4.78 is 18.8. The maximum atomic E-state index is 13.5. The topological polar surface area (TPSA) is 55.3 Å². The van der Waals surface area contributed by atoms with Crippen molar-refractivity contribution >= 4 is 16.8 Å². The fourth-order valence-corrected chi connectivity index (χ4v) is 2.45. The smallest absolute Gasteiger partial charge is 0.140 e. The molecule has 1 fully saturated rings. The van der Waals surface area contributed by atoms with Gasteiger partial charge in [0.25, 0.3) is 0 Å². The first kappa shape index (κ1) is 10.5. The highest BCUT2D eigenvalue weighted by Gasteiger charge is 2.32. The molecule has 0 radical (unpaired) electrons. The molecule has 2 aromatic heterocycles. The molecule has 0 aromatic carbocycles. The Bertz CT molecular complexity index is 527. The zero-order valence-electron chi connectivity index (χ0n) is 9.34. The van der Waals surface area contributed by atoms with Gasteiger partial charge in [-0.1, -0.05) is 0 Å². The molecule has 3 heterocycles. The number of rotatable bonds is 2. The van der Waals surface area contributed by atoms with Gasteiger partial charge in [0.05, 0.1) is 18.2 Å². The molecule has 1 saturated heterocycles. The molecule has 5 heteroatoms. The second-order valence-electron chi connectivity index (χ2n) is 4.34. The summed E-state index contributed by atoms with van der Waals surface area (Å²) >= 11 is 0. The molecule has 3 rings (SSSR count). The number of pyridine rings is 1. The van der Waals surface area contributed by atoms with E-state index in [4.69, 9.17) is 10.2 Å². The van der Waals surface area contributed by atoms with Gasteiger partial charge < -0.3 is 15.1 Å². The number of nitrogens with zero attached hydrogens (tertiary/aromatic N) is 2. The Morgan fingerprint density at radius 2 is 2.41 bits per heavy atom. The van der Waals surface area contributed by atoms with Gasteiger partial charge in [0.1, 0.15) is 17.6 Å². The predicted octanol–water partition coefficient (Wildman–Crippen LogP) is 1.70. The first-order valence-electron chi connectivity index (χ1n) is 5.72. The summed E-state index contributed by atoms with van der Waals surface area (Å²) in [5.74, 6) is 0.770. The largest absolute Gasteiger partial charge is 0.464 e. The van der Waals surface area contributed by atoms with E-state index in [0.29, 0.717) is 19.5 Å². The minimum atomic E-state index is -0.826. The predicted molar refractivity (Wildman–Crippen MR) is 63.7 cm³/mol. The molecule has 1 aliphatic rings. The van der Waals surface area contributed by atoms with Crippen molar-refractivity contribution in [3.63, 3.8) is 0 Å². The summed E-state index contributed by atoms with van der Waals surface area (Å²) in [6.07, 6.45) is 2.95. The zero-order valence-corrected chi connectivity index (χ0v) is 9.34. The van der Waals surface area contributed by atoms with Gasteiger partial charge in [-0.15, -0.1) is 0 Å². The lowest BCUT2D eigenvalue weighted by Crippen LogP contribution is -2.36. The highest BCUT2D eigenvalue weighted by molar-refractivity contribution is 5.88. The van der Waals surface area contributed by atoms with E-state index in [1.54, 1.807) is 18.5 Å². The van der Waals surface area contributed by atoms with E-state index in [9.17, 15) is 4.39 Å². The minimum absolute atomic E-state index is 0.0259. The van der Waals surface area contributed by atoms with E-state index < -0.39 is 6.17 Å². The first-order chi connectivity index (χ1) is 8.29. The van der Waals surface area contributed by atoms with E-state index in [0.717, 1.165) is 16.8 Å². The lowest BCUT2D eigenvalue weighted by molar-refractivity contribution is 0.356. The fourth-order valence-electron chi connectivity index (χ4n) is 2.45. The van der Waals surface area contributed by atoms with Crippen LogP contribution in [0.5, 0.6) is 0 Å². The van der Waals surface area contributed by atoms with Crippen LogP contribution in [0.25, 0.3) is 11.0 Å². The summed E-state index contributed by atoms with van der Waals surface area (Å²) in [4.78, 5) is 6.28. The van der Waals surface area contributed by atoms with Crippen molar-refractivity contribution in [1.82, 2.24) is 4.98 Å². The van der Waals surface area contributed by atoms with Gasteiger partial charge in [0.2, 0.25) is 0 Å². The highest BCUT2D eigenvalue weighted by atomic mass is 19.1. The van der Waals surface area contributed by atoms with Crippen LogP contribution in [0.2, 0.25) is 0 Å². The zero-order chi connectivity index (χ0) is 11.8. The Labute approximate surface area is 98.2 Å². The average Bonchev–Trinajstić information content (AvgIpc) is 2.93. The third kappa shape index (κ3) is 1.67. The monoisotopic (exact) mass is 235 g/mol. The molecule has 17 heavy (non-hydrogen) atoms. The summed E-state index contributed by atoms with van der Waals surface area (Å²) in [7, 11) is 0. The van der Waals surface area contributed by atoms with Gasteiger partial charge in [0, 0.05) is 25.2 Å². The minimum Gasteiger partial charge on any atom is -0.464 e. The van der Waals surface area contributed by atoms with Crippen molar-refractivity contribution in [3.05, 3.63) is 24.6 Å². The van der Waals surface area contributed by atoms with E-state index in [1.807, 2.05) is 11.0 Å². The summed E-state index contributed by atoms with van der Waals surface area (Å²) in [6, 6.07) is 3.69. The van der Waals surface area contributed by atoms with Gasteiger partial charge in [-0.25, -0.2) is 9.37 Å². The third-order valence-electron chi connectivity index (χ3n) is 3.27. The van der Waals surface area contributed by atoms with Gasteiger partial charge in [-0.3, -0.25) is 0 Å². The number of alkyl halides is 1. The van der Waals surface area contributed by atoms with Crippen LogP contribution in [0.1, 0.15) is 6.42 Å². The molecule has 2 atom stereocenters. The molecule has 0 unspecified atom stereocenters. The molecule has 2 N–H and O–H groups in total. The van der Waals surface area contributed by atoms with E-state index in [1.165, 1.54) is 0 Å². The second-order valence-corrected chi connectivity index (χ2v) is 4.34. The Hall–Kier alpha value is -1.62. The van der Waals surface area contributed by atoms with Crippen LogP contribution in [-0.4, -0.2) is 30.3 Å². The summed E-state index contributed by atoms with van der Waals surface area (Å²) in [5.41, 5.74) is 6.45. The highest BCUT2D eigenvalue weighted by Crippen LogP contribution is 2.31. The van der Waals surface area contributed by atoms with Crippen LogP contribution in [0.3, 0.4) is 0 Å². The van der Waals surface area contributed by atoms with Crippen LogP contribution < -0.4 is 10.6 Å². The number of halogens is 1. The van der Waals surface area contributed by atoms with Crippen LogP contribution >= 0.6 is 0 Å². The maximum Gasteiger partial charge on any atom is 0.140 e. The van der Waals surface area contributed by atoms with E-state index in [-0.39, 0.29) is 6.04 Å². The number of hydrogen-bond donors (Lipinski definition) is 1. The first-order valence-corrected chi connectivity index (χ1v) is 5.72. The molecule has 0 saturated carbocycles. The van der Waals surface area contributed by atoms with Gasteiger partial charge in [-0.2, -0.15) is 0 Å². The van der Waals surface area contributed by atoms with Crippen LogP contribution in [0.15, 0.2) is 29.0 Å². The van der Waals surface area contributed by atoms with Crippen LogP contribution in [-0.2, 0) is 0 Å². The number of aromatic nitrogens is 1. The maximum absolute atomic E-state index is 13.5. The number of fused-ring (bicyclic) bond motifs is 1. The van der Waals surface area contributed by atoms with Gasteiger partial charge >= 0.3 is 0 Å². The standard InChI is InChI=1S/C12H14FN3O/c13-8-5-9(6-14)16(7-8)12-10-2-4-17-11(10)1-3-15-12/h1-4,8-9H,5-7,14H2/t8-,9-/m0/s1. The molecular formula is C12H14FN3O. The van der Waals surface area contributed by atoms with Crippen molar-refractivity contribution in [2.75, 3.05) is 18.0 Å². The van der Waals surface area contributed by atoms with Crippen LogP contribution in [0, 0.1) is 0 Å². The number of furan rings is 1. The molecule has 2 aromatic rings. The molecule has 4 nitrogen and oxygen atoms in total. The Morgan fingerprint density at radius 1 is 1.53 bits per heavy atom. The van der Waals surface area contributed by atoms with Gasteiger partial charge in [0.15, 0.2) is 0 Å². The molecule has 1 aliphatic heterocycles. The molecule has 0 bridgehead atoms. The van der Waals surface area contributed by atoms with Crippen molar-refractivity contribution in [3.8, 4) is 0 Å². The Balaban J connectivity index is 2.05. The third-order valence-corrected chi connectivity index (χ3v) is 3.27. The van der Waals surface area contributed by atoms with Crippen LogP contribution in [0.4, 0.5) is 10.2 Å². The number of anilines is 1. The van der Waals surface area contributed by atoms with E-state index >= 15 is 0 Å². The SMILES string of the molecule is NC[C@@H]1C[C@H](F)CN1c1nccc2occc12. The molecule has 0 spiro atoms. The lowest BCUT2D eigenvalue weighted by Gasteiger charge is -2.24. The number of nitrogens with two attached hydrogens (primary N) is 1. The summed E-state index contributed by atoms with van der Waals surface area (Å²) in [6.45, 7) is 0.801. The fraction of sp³-hybridized carbons (Fsp3) is 0.417. The molecule has 0 amide bonds. The normalized spacial score (nSPS) is 24.7. The van der Waals surface area contributed by atoms with E-state index in [2.05, 4.69) is 4.98 Å². The lowest BCUT2D eigenvalue weighted by atomic mass is 10.2. The average molecular weight is 235 g/mol. The van der Waals surface area contributed by atoms with Crippen molar-refractivity contribution < 1.29 is 8.81 Å².